The maximum atomic E-state index is 13.3. The summed E-state index contributed by atoms with van der Waals surface area (Å²) in [4.78, 5) is 11.5. The van der Waals surface area contributed by atoms with Crippen molar-refractivity contribution in [2.24, 2.45) is 0 Å². The van der Waals surface area contributed by atoms with E-state index in [1.807, 2.05) is 30.3 Å². The van der Waals surface area contributed by atoms with E-state index < -0.39 is 6.09 Å². The third kappa shape index (κ3) is 6.13. The van der Waals surface area contributed by atoms with Crippen molar-refractivity contribution in [2.45, 2.75) is 13.0 Å². The van der Waals surface area contributed by atoms with E-state index in [9.17, 15) is 9.18 Å². The van der Waals surface area contributed by atoms with E-state index in [0.29, 0.717) is 23.0 Å². The molecule has 1 N–H and O–H groups in total. The fraction of sp³-hybridized carbons (Fsp3) is 0.167. The molecule has 0 saturated carbocycles. The highest BCUT2D eigenvalue weighted by atomic mass is 79.9. The lowest BCUT2D eigenvalue weighted by Gasteiger charge is -2.05. The second-order valence-electron chi connectivity index (χ2n) is 4.67. The normalized spacial score (nSPS) is 9.65. The van der Waals surface area contributed by atoms with Crippen LogP contribution in [0.4, 0.5) is 9.18 Å². The number of hydrogen-bond acceptors (Lipinski definition) is 2. The van der Waals surface area contributed by atoms with E-state index in [1.165, 1.54) is 6.07 Å². The van der Waals surface area contributed by atoms with Crippen LogP contribution in [0.2, 0.25) is 0 Å². The number of carbonyl (C=O) groups is 1. The number of benzene rings is 2. The van der Waals surface area contributed by atoms with Gasteiger partial charge in [0.25, 0.3) is 0 Å². The number of halogens is 2. The van der Waals surface area contributed by atoms with Crippen LogP contribution in [-0.2, 0) is 11.3 Å². The van der Waals surface area contributed by atoms with Gasteiger partial charge in [0.15, 0.2) is 0 Å². The Morgan fingerprint density at radius 2 is 2.00 bits per heavy atom. The zero-order chi connectivity index (χ0) is 16.5. The Kier molecular flexibility index (Phi) is 6.64. The molecule has 2 rings (SSSR count). The summed E-state index contributed by atoms with van der Waals surface area (Å²) in [6.07, 6.45) is -0.0247. The van der Waals surface area contributed by atoms with E-state index in [2.05, 4.69) is 33.1 Å². The Labute approximate surface area is 143 Å². The fourth-order valence-corrected chi connectivity index (χ4v) is 1.99. The number of ether oxygens (including phenoxy) is 1. The Hall–Kier alpha value is -2.32. The maximum absolute atomic E-state index is 13.3. The molecular formula is C18H15BrFNO2. The summed E-state index contributed by atoms with van der Waals surface area (Å²) in [5.41, 5.74) is 1.53. The minimum absolute atomic E-state index is 0.233. The van der Waals surface area contributed by atoms with Crippen LogP contribution < -0.4 is 5.32 Å². The zero-order valence-corrected chi connectivity index (χ0v) is 13.9. The number of hydrogen-bond donors (Lipinski definition) is 1. The van der Waals surface area contributed by atoms with Crippen molar-refractivity contribution >= 4 is 22.0 Å². The summed E-state index contributed by atoms with van der Waals surface area (Å²) in [6.45, 7) is 0.607. The van der Waals surface area contributed by atoms with Crippen molar-refractivity contribution in [3.8, 4) is 11.8 Å². The lowest BCUT2D eigenvalue weighted by Crippen LogP contribution is -2.24. The van der Waals surface area contributed by atoms with Gasteiger partial charge in [0.2, 0.25) is 0 Å². The van der Waals surface area contributed by atoms with Crippen LogP contribution in [0.1, 0.15) is 17.5 Å². The summed E-state index contributed by atoms with van der Waals surface area (Å²) < 4.78 is 18.8. The molecule has 0 aliphatic rings. The van der Waals surface area contributed by atoms with Crippen molar-refractivity contribution in [3.05, 3.63) is 69.9 Å². The Morgan fingerprint density at radius 1 is 1.22 bits per heavy atom. The zero-order valence-electron chi connectivity index (χ0n) is 12.3. The molecule has 0 atom stereocenters. The second kappa shape index (κ2) is 8.96. The van der Waals surface area contributed by atoms with E-state index in [1.54, 1.807) is 12.1 Å². The SMILES string of the molecule is O=C(NCCC#Cc1ccc(Br)c(F)c1)OCc1ccccc1. The Balaban J connectivity index is 1.68. The third-order valence-electron chi connectivity index (χ3n) is 2.88. The highest BCUT2D eigenvalue weighted by molar-refractivity contribution is 9.10. The standard InChI is InChI=1S/C18H15BrFNO2/c19-16-10-9-14(12-17(16)20)6-4-5-11-21-18(22)23-13-15-7-2-1-3-8-15/h1-3,7-10,12H,5,11,13H2,(H,21,22). The molecule has 118 valence electrons. The minimum Gasteiger partial charge on any atom is -0.445 e. The highest BCUT2D eigenvalue weighted by Gasteiger charge is 2.01. The van der Waals surface area contributed by atoms with Crippen LogP contribution in [-0.4, -0.2) is 12.6 Å². The predicted molar refractivity (Wildman–Crippen MR) is 90.2 cm³/mol. The number of alkyl carbamates (subject to hydrolysis) is 1. The first-order valence-electron chi connectivity index (χ1n) is 7.03. The lowest BCUT2D eigenvalue weighted by molar-refractivity contribution is 0.140. The molecule has 0 saturated heterocycles. The van der Waals surface area contributed by atoms with Crippen molar-refractivity contribution in [2.75, 3.05) is 6.54 Å². The van der Waals surface area contributed by atoms with Gasteiger partial charge in [0, 0.05) is 18.5 Å². The van der Waals surface area contributed by atoms with Crippen molar-refractivity contribution in [1.29, 1.82) is 0 Å². The molecule has 0 heterocycles. The van der Waals surface area contributed by atoms with Gasteiger partial charge >= 0.3 is 6.09 Å². The topological polar surface area (TPSA) is 38.3 Å². The molecule has 0 fully saturated rings. The monoisotopic (exact) mass is 375 g/mol. The molecule has 0 aliphatic carbocycles. The van der Waals surface area contributed by atoms with Crippen molar-refractivity contribution in [1.82, 2.24) is 5.32 Å². The molecule has 2 aromatic carbocycles. The molecule has 23 heavy (non-hydrogen) atoms. The maximum Gasteiger partial charge on any atom is 0.407 e. The first-order chi connectivity index (χ1) is 11.1. The first-order valence-corrected chi connectivity index (χ1v) is 7.83. The predicted octanol–water partition coefficient (Wildman–Crippen LogP) is 4.26. The molecule has 2 aromatic rings. The largest absolute Gasteiger partial charge is 0.445 e. The molecule has 0 radical (unpaired) electrons. The molecule has 1 amide bonds. The molecule has 0 aliphatic heterocycles. The molecule has 0 aromatic heterocycles. The van der Waals surface area contributed by atoms with Gasteiger partial charge in [0.1, 0.15) is 12.4 Å². The first kappa shape index (κ1) is 17.0. The molecule has 3 nitrogen and oxygen atoms in total. The van der Waals surface area contributed by atoms with Gasteiger partial charge in [0.05, 0.1) is 4.47 Å². The van der Waals surface area contributed by atoms with Gasteiger partial charge in [-0.2, -0.15) is 0 Å². The average molecular weight is 376 g/mol. The second-order valence-corrected chi connectivity index (χ2v) is 5.52. The van der Waals surface area contributed by atoms with E-state index in [0.717, 1.165) is 5.56 Å². The molecular weight excluding hydrogens is 361 g/mol. The van der Waals surface area contributed by atoms with Gasteiger partial charge in [-0.25, -0.2) is 9.18 Å². The van der Waals surface area contributed by atoms with Crippen LogP contribution in [0.5, 0.6) is 0 Å². The Bertz CT molecular complexity index is 723. The lowest BCUT2D eigenvalue weighted by atomic mass is 10.2. The third-order valence-corrected chi connectivity index (χ3v) is 3.53. The summed E-state index contributed by atoms with van der Waals surface area (Å²) in [7, 11) is 0. The molecule has 0 bridgehead atoms. The number of amides is 1. The van der Waals surface area contributed by atoms with Crippen molar-refractivity contribution < 1.29 is 13.9 Å². The van der Waals surface area contributed by atoms with E-state index in [-0.39, 0.29) is 12.4 Å². The molecule has 5 heteroatoms. The average Bonchev–Trinajstić information content (AvgIpc) is 2.57. The quantitative estimate of drug-likeness (QED) is 0.640. The van der Waals surface area contributed by atoms with Gasteiger partial charge in [-0.05, 0) is 39.7 Å². The number of nitrogens with one attached hydrogen (secondary N) is 1. The van der Waals surface area contributed by atoms with Crippen LogP contribution >= 0.6 is 15.9 Å². The van der Waals surface area contributed by atoms with Crippen LogP contribution in [0.15, 0.2) is 53.0 Å². The fourth-order valence-electron chi connectivity index (χ4n) is 1.74. The summed E-state index contributed by atoms with van der Waals surface area (Å²) in [5.74, 6) is 5.37. The molecule has 0 unspecified atom stereocenters. The van der Waals surface area contributed by atoms with E-state index in [4.69, 9.17) is 4.74 Å². The van der Waals surface area contributed by atoms with E-state index >= 15 is 0 Å². The smallest absolute Gasteiger partial charge is 0.407 e. The van der Waals surface area contributed by atoms with Gasteiger partial charge in [-0.1, -0.05) is 42.2 Å². The van der Waals surface area contributed by atoms with Crippen molar-refractivity contribution in [3.63, 3.8) is 0 Å². The van der Waals surface area contributed by atoms with Crippen LogP contribution in [0.25, 0.3) is 0 Å². The van der Waals surface area contributed by atoms with Gasteiger partial charge < -0.3 is 10.1 Å². The summed E-state index contributed by atoms with van der Waals surface area (Å²) in [5, 5.41) is 2.61. The number of rotatable bonds is 4. The summed E-state index contributed by atoms with van der Waals surface area (Å²) in [6, 6.07) is 14.1. The summed E-state index contributed by atoms with van der Waals surface area (Å²) >= 11 is 3.09. The molecule has 0 spiro atoms. The highest BCUT2D eigenvalue weighted by Crippen LogP contribution is 2.15. The van der Waals surface area contributed by atoms with Gasteiger partial charge in [-0.3, -0.25) is 0 Å². The number of carbonyl (C=O) groups excluding carboxylic acids is 1. The van der Waals surface area contributed by atoms with Gasteiger partial charge in [-0.15, -0.1) is 0 Å². The Morgan fingerprint density at radius 3 is 2.74 bits per heavy atom. The van der Waals surface area contributed by atoms with Crippen LogP contribution in [0, 0.1) is 17.7 Å². The minimum atomic E-state index is -0.481. The van der Waals surface area contributed by atoms with Crippen LogP contribution in [0.3, 0.4) is 0 Å².